The third-order valence-corrected chi connectivity index (χ3v) is 4.62. The molecule has 31 heavy (non-hydrogen) atoms. The van der Waals surface area contributed by atoms with E-state index in [0.29, 0.717) is 17.9 Å². The van der Waals surface area contributed by atoms with Gasteiger partial charge in [-0.3, -0.25) is 20.4 Å². The zero-order valence-electron chi connectivity index (χ0n) is 17.6. The van der Waals surface area contributed by atoms with Gasteiger partial charge >= 0.3 is 0 Å². The van der Waals surface area contributed by atoms with Gasteiger partial charge in [0, 0.05) is 0 Å². The summed E-state index contributed by atoms with van der Waals surface area (Å²) in [5.74, 6) is 0.269. The summed E-state index contributed by atoms with van der Waals surface area (Å²) in [4.78, 5) is 24.3. The molecule has 2 N–H and O–H groups in total. The van der Waals surface area contributed by atoms with Gasteiger partial charge in [0.25, 0.3) is 11.8 Å². The smallest absolute Gasteiger partial charge is 0.279 e. The largest absolute Gasteiger partial charge is 0.484 e. The molecule has 2 amide bonds. The molecule has 160 valence electrons. The molecule has 0 aliphatic heterocycles. The van der Waals surface area contributed by atoms with E-state index in [1.807, 2.05) is 68.4 Å². The molecule has 0 unspecified atom stereocenters. The van der Waals surface area contributed by atoms with E-state index in [-0.39, 0.29) is 6.61 Å². The topological polar surface area (TPSA) is 76.7 Å². The number of benzene rings is 3. The van der Waals surface area contributed by atoms with E-state index < -0.39 is 17.9 Å². The fourth-order valence-corrected chi connectivity index (χ4v) is 2.87. The second-order valence-corrected chi connectivity index (χ2v) is 7.04. The highest BCUT2D eigenvalue weighted by Gasteiger charge is 2.19. The number of rotatable bonds is 8. The van der Waals surface area contributed by atoms with Crippen LogP contribution < -0.4 is 20.3 Å². The van der Waals surface area contributed by atoms with Crippen LogP contribution in [-0.4, -0.2) is 24.5 Å². The van der Waals surface area contributed by atoms with Gasteiger partial charge in [-0.15, -0.1) is 0 Å². The first kappa shape index (κ1) is 21.9. The molecule has 0 bridgehead atoms. The Morgan fingerprint density at radius 3 is 2.06 bits per heavy atom. The van der Waals surface area contributed by atoms with Gasteiger partial charge in [-0.2, -0.15) is 0 Å². The van der Waals surface area contributed by atoms with Crippen molar-refractivity contribution >= 4 is 11.8 Å². The van der Waals surface area contributed by atoms with Crippen molar-refractivity contribution in [1.82, 2.24) is 10.9 Å². The fourth-order valence-electron chi connectivity index (χ4n) is 2.87. The Balaban J connectivity index is 1.43. The third kappa shape index (κ3) is 6.60. The first-order valence-corrected chi connectivity index (χ1v) is 10.2. The summed E-state index contributed by atoms with van der Waals surface area (Å²) in [5.41, 5.74) is 8.01. The molecule has 3 aromatic carbocycles. The minimum atomic E-state index is -0.713. The van der Waals surface area contributed by atoms with Gasteiger partial charge in [0.1, 0.15) is 11.5 Å². The molecular formula is C25H26N2O4. The summed E-state index contributed by atoms with van der Waals surface area (Å²) < 4.78 is 11.2. The predicted molar refractivity (Wildman–Crippen MR) is 120 cm³/mol. The summed E-state index contributed by atoms with van der Waals surface area (Å²) in [5, 5.41) is 0. The average Bonchev–Trinajstić information content (AvgIpc) is 2.81. The maximum atomic E-state index is 12.3. The number of carbonyl (C=O) groups excluding carboxylic acids is 2. The maximum absolute atomic E-state index is 12.3. The molecule has 0 spiro atoms. The van der Waals surface area contributed by atoms with Crippen molar-refractivity contribution in [3.05, 3.63) is 84.4 Å². The van der Waals surface area contributed by atoms with Crippen LogP contribution in [0.1, 0.15) is 18.9 Å². The van der Waals surface area contributed by atoms with Crippen LogP contribution in [0, 0.1) is 6.92 Å². The first-order valence-electron chi connectivity index (χ1n) is 10.2. The lowest BCUT2D eigenvalue weighted by atomic mass is 10.1. The van der Waals surface area contributed by atoms with E-state index in [4.69, 9.17) is 9.47 Å². The van der Waals surface area contributed by atoms with Gasteiger partial charge in [0.05, 0.1) is 0 Å². The minimum Gasteiger partial charge on any atom is -0.484 e. The molecule has 0 aromatic heterocycles. The molecule has 3 aromatic rings. The van der Waals surface area contributed by atoms with E-state index in [9.17, 15) is 9.59 Å². The molecule has 1 atom stereocenters. The molecule has 0 saturated heterocycles. The molecule has 0 aliphatic rings. The zero-order valence-corrected chi connectivity index (χ0v) is 17.6. The van der Waals surface area contributed by atoms with E-state index in [1.165, 1.54) is 0 Å². The van der Waals surface area contributed by atoms with Crippen molar-refractivity contribution in [3.8, 4) is 22.6 Å². The maximum Gasteiger partial charge on any atom is 0.279 e. The van der Waals surface area contributed by atoms with Crippen LogP contribution in [0.2, 0.25) is 0 Å². The molecule has 0 radical (unpaired) electrons. The number of amides is 2. The molecule has 0 aliphatic carbocycles. The standard InChI is InChI=1S/C25H26N2O4/c1-3-23(31-22-13-9-18(2)10-14-22)25(29)27-26-24(28)17-30-21-15-11-20(12-16-21)19-7-5-4-6-8-19/h4-16,23H,3,17H2,1-2H3,(H,26,28)(H,27,29)/t23-/m0/s1. The van der Waals surface area contributed by atoms with Crippen molar-refractivity contribution < 1.29 is 19.1 Å². The third-order valence-electron chi connectivity index (χ3n) is 4.62. The quantitative estimate of drug-likeness (QED) is 0.541. The van der Waals surface area contributed by atoms with Crippen LogP contribution in [-0.2, 0) is 9.59 Å². The van der Waals surface area contributed by atoms with Crippen molar-refractivity contribution in [1.29, 1.82) is 0 Å². The number of aryl methyl sites for hydroxylation is 1. The van der Waals surface area contributed by atoms with Gasteiger partial charge in [0.2, 0.25) is 0 Å². The summed E-state index contributed by atoms with van der Waals surface area (Å²) >= 11 is 0. The van der Waals surface area contributed by atoms with Crippen molar-refractivity contribution in [2.24, 2.45) is 0 Å². The summed E-state index contributed by atoms with van der Waals surface area (Å²) in [6.45, 7) is 3.59. The summed E-state index contributed by atoms with van der Waals surface area (Å²) in [6, 6.07) is 24.9. The number of hydrogen-bond acceptors (Lipinski definition) is 4. The van der Waals surface area contributed by atoms with Gasteiger partial charge in [-0.1, -0.05) is 67.1 Å². The zero-order chi connectivity index (χ0) is 22.1. The van der Waals surface area contributed by atoms with Crippen molar-refractivity contribution in [2.45, 2.75) is 26.4 Å². The van der Waals surface area contributed by atoms with Crippen LogP contribution in [0.5, 0.6) is 11.5 Å². The molecule has 0 saturated carbocycles. The molecule has 6 nitrogen and oxygen atoms in total. The Hall–Kier alpha value is -3.80. The van der Waals surface area contributed by atoms with Gasteiger partial charge in [-0.25, -0.2) is 0 Å². The lowest BCUT2D eigenvalue weighted by Gasteiger charge is -2.17. The highest BCUT2D eigenvalue weighted by molar-refractivity contribution is 5.85. The van der Waals surface area contributed by atoms with E-state index in [1.54, 1.807) is 24.3 Å². The van der Waals surface area contributed by atoms with Crippen LogP contribution in [0.4, 0.5) is 0 Å². The highest BCUT2D eigenvalue weighted by atomic mass is 16.5. The lowest BCUT2D eigenvalue weighted by molar-refractivity contribution is -0.134. The Bertz CT molecular complexity index is 986. The van der Waals surface area contributed by atoms with Gasteiger partial charge in [-0.05, 0) is 48.7 Å². The molecular weight excluding hydrogens is 392 g/mol. The minimum absolute atomic E-state index is 0.222. The van der Waals surface area contributed by atoms with Crippen LogP contribution >= 0.6 is 0 Å². The second-order valence-electron chi connectivity index (χ2n) is 7.04. The summed E-state index contributed by atoms with van der Waals surface area (Å²) in [7, 11) is 0. The van der Waals surface area contributed by atoms with E-state index in [2.05, 4.69) is 10.9 Å². The monoisotopic (exact) mass is 418 g/mol. The van der Waals surface area contributed by atoms with E-state index in [0.717, 1.165) is 16.7 Å². The SMILES string of the molecule is CC[C@H](Oc1ccc(C)cc1)C(=O)NNC(=O)COc1ccc(-c2ccccc2)cc1. The number of carbonyl (C=O) groups is 2. The number of hydrogen-bond donors (Lipinski definition) is 2. The molecule has 6 heteroatoms. The van der Waals surface area contributed by atoms with E-state index >= 15 is 0 Å². The predicted octanol–water partition coefficient (Wildman–Crippen LogP) is 4.05. The number of nitrogens with one attached hydrogen (secondary N) is 2. The Labute approximate surface area is 182 Å². The molecule has 3 rings (SSSR count). The van der Waals surface area contributed by atoms with Crippen LogP contribution in [0.3, 0.4) is 0 Å². The Morgan fingerprint density at radius 2 is 1.42 bits per heavy atom. The normalized spacial score (nSPS) is 11.3. The van der Waals surface area contributed by atoms with Gasteiger partial charge < -0.3 is 9.47 Å². The Morgan fingerprint density at radius 1 is 0.806 bits per heavy atom. The second kappa shape index (κ2) is 10.8. The van der Waals surface area contributed by atoms with Crippen LogP contribution in [0.15, 0.2) is 78.9 Å². The van der Waals surface area contributed by atoms with Crippen molar-refractivity contribution in [3.63, 3.8) is 0 Å². The average molecular weight is 418 g/mol. The molecule has 0 fully saturated rings. The number of hydrazine groups is 1. The first-order chi connectivity index (χ1) is 15.0. The molecule has 0 heterocycles. The van der Waals surface area contributed by atoms with Crippen LogP contribution in [0.25, 0.3) is 11.1 Å². The van der Waals surface area contributed by atoms with Gasteiger partial charge in [0.15, 0.2) is 12.7 Å². The van der Waals surface area contributed by atoms with Crippen molar-refractivity contribution in [2.75, 3.05) is 6.61 Å². The summed E-state index contributed by atoms with van der Waals surface area (Å²) in [6.07, 6.45) is -0.255. The Kier molecular flexibility index (Phi) is 7.65. The lowest BCUT2D eigenvalue weighted by Crippen LogP contribution is -2.49. The number of ether oxygens (including phenoxy) is 2. The fraction of sp³-hybridized carbons (Fsp3) is 0.200. The highest BCUT2D eigenvalue weighted by Crippen LogP contribution is 2.22.